The lowest BCUT2D eigenvalue weighted by molar-refractivity contribution is -0.121. The van der Waals surface area contributed by atoms with Gasteiger partial charge < -0.3 is 20.9 Å². The number of rotatable bonds is 6. The van der Waals surface area contributed by atoms with Gasteiger partial charge in [0.25, 0.3) is 0 Å². The Morgan fingerprint density at radius 1 is 1.12 bits per heavy atom. The zero-order chi connectivity index (χ0) is 17.5. The first-order chi connectivity index (χ1) is 11.4. The van der Waals surface area contributed by atoms with Crippen LogP contribution in [0.3, 0.4) is 0 Å². The van der Waals surface area contributed by atoms with Gasteiger partial charge in [-0.2, -0.15) is 0 Å². The molecule has 0 unspecified atom stereocenters. The van der Waals surface area contributed by atoms with Crippen molar-refractivity contribution < 1.29 is 9.59 Å². The average molecular weight is 405 g/mol. The molecule has 3 N–H and O–H groups in total. The molecule has 26 heavy (non-hydrogen) atoms. The molecule has 2 atom stereocenters. The van der Waals surface area contributed by atoms with E-state index in [1.165, 1.54) is 0 Å². The van der Waals surface area contributed by atoms with E-state index < -0.39 is 0 Å². The summed E-state index contributed by atoms with van der Waals surface area (Å²) in [6.45, 7) is 3.71. The Hall–Kier alpha value is -1.34. The number of halogens is 2. The Balaban J connectivity index is 0.00000312. The monoisotopic (exact) mass is 404 g/mol. The molecule has 0 aromatic heterocycles. The molecule has 148 valence electrons. The Morgan fingerprint density at radius 2 is 1.69 bits per heavy atom. The minimum Gasteiger partial charge on any atom is -0.326 e. The van der Waals surface area contributed by atoms with Crippen LogP contribution in [0.1, 0.15) is 26.2 Å². The van der Waals surface area contributed by atoms with Gasteiger partial charge in [0.05, 0.1) is 0 Å². The van der Waals surface area contributed by atoms with Crippen molar-refractivity contribution in [3.63, 3.8) is 0 Å². The molecule has 6 nitrogen and oxygen atoms in total. The van der Waals surface area contributed by atoms with Gasteiger partial charge >= 0.3 is 0 Å². The van der Waals surface area contributed by atoms with Crippen molar-refractivity contribution in [2.45, 2.75) is 32.2 Å². The third kappa shape index (κ3) is 8.36. The summed E-state index contributed by atoms with van der Waals surface area (Å²) < 4.78 is 0. The maximum Gasteiger partial charge on any atom is 0.227 e. The highest BCUT2D eigenvalue weighted by Crippen LogP contribution is 2.20. The SMILES string of the molecule is C[C@H]1C[C@@H](C(=O)Nc2ccc(NC(=O)CCN(C)C)cc2)CCN1.Cl.Cl. The van der Waals surface area contributed by atoms with E-state index in [4.69, 9.17) is 0 Å². The molecule has 1 heterocycles. The molecule has 0 bridgehead atoms. The van der Waals surface area contributed by atoms with Gasteiger partial charge in [-0.25, -0.2) is 0 Å². The topological polar surface area (TPSA) is 73.5 Å². The molecule has 8 heteroatoms. The summed E-state index contributed by atoms with van der Waals surface area (Å²) in [6.07, 6.45) is 2.20. The molecule has 2 amide bonds. The van der Waals surface area contributed by atoms with Gasteiger partial charge in [0, 0.05) is 36.3 Å². The lowest BCUT2D eigenvalue weighted by Gasteiger charge is -2.27. The van der Waals surface area contributed by atoms with Crippen molar-refractivity contribution >= 4 is 48.0 Å². The maximum absolute atomic E-state index is 12.3. The fourth-order valence-electron chi connectivity index (χ4n) is 2.80. The molecular formula is C18H30Cl2N4O2. The van der Waals surface area contributed by atoms with Crippen LogP contribution in [0.4, 0.5) is 11.4 Å². The Morgan fingerprint density at radius 3 is 2.23 bits per heavy atom. The number of benzene rings is 1. The van der Waals surface area contributed by atoms with Crippen LogP contribution < -0.4 is 16.0 Å². The second-order valence-electron chi connectivity index (χ2n) is 6.74. The summed E-state index contributed by atoms with van der Waals surface area (Å²) >= 11 is 0. The molecule has 1 aromatic rings. The number of piperidine rings is 1. The number of carbonyl (C=O) groups excluding carboxylic acids is 2. The molecule has 1 fully saturated rings. The highest BCUT2D eigenvalue weighted by Gasteiger charge is 2.24. The third-order valence-corrected chi connectivity index (χ3v) is 4.22. The fourth-order valence-corrected chi connectivity index (χ4v) is 2.80. The minimum absolute atomic E-state index is 0. The summed E-state index contributed by atoms with van der Waals surface area (Å²) in [4.78, 5) is 26.1. The standard InChI is InChI=1S/C18H28N4O2.2ClH/c1-13-12-14(8-10-19-13)18(24)21-16-6-4-15(5-7-16)20-17(23)9-11-22(2)3;;/h4-7,13-14,19H,8-12H2,1-3H3,(H,20,23)(H,21,24);2*1H/t13-,14-;;/m0../s1. The number of hydrogen-bond donors (Lipinski definition) is 3. The van der Waals surface area contributed by atoms with Crippen molar-refractivity contribution in [1.29, 1.82) is 0 Å². The number of amides is 2. The van der Waals surface area contributed by atoms with Crippen LogP contribution in [-0.4, -0.2) is 49.9 Å². The normalized spacial score (nSPS) is 19.1. The number of nitrogens with one attached hydrogen (secondary N) is 3. The number of anilines is 2. The second-order valence-corrected chi connectivity index (χ2v) is 6.74. The van der Waals surface area contributed by atoms with Crippen LogP contribution in [0.2, 0.25) is 0 Å². The van der Waals surface area contributed by atoms with Gasteiger partial charge in [0.1, 0.15) is 0 Å². The summed E-state index contributed by atoms with van der Waals surface area (Å²) in [5, 5.41) is 9.18. The molecule has 1 aliphatic heterocycles. The van der Waals surface area contributed by atoms with E-state index in [2.05, 4.69) is 22.9 Å². The minimum atomic E-state index is -0.0100. The van der Waals surface area contributed by atoms with Crippen molar-refractivity contribution in [2.24, 2.45) is 5.92 Å². The fraction of sp³-hybridized carbons (Fsp3) is 0.556. The van der Waals surface area contributed by atoms with Crippen molar-refractivity contribution in [3.05, 3.63) is 24.3 Å². The zero-order valence-corrected chi connectivity index (χ0v) is 17.2. The quantitative estimate of drug-likeness (QED) is 0.681. The molecule has 1 saturated heterocycles. The van der Waals surface area contributed by atoms with E-state index in [0.717, 1.165) is 30.8 Å². The molecular weight excluding hydrogens is 375 g/mol. The van der Waals surface area contributed by atoms with E-state index in [-0.39, 0.29) is 42.5 Å². The van der Waals surface area contributed by atoms with Gasteiger partial charge in [0.15, 0.2) is 0 Å². The van der Waals surface area contributed by atoms with Crippen LogP contribution in [0.5, 0.6) is 0 Å². The summed E-state index contributed by atoms with van der Waals surface area (Å²) in [5.74, 6) is 0.127. The first kappa shape index (κ1) is 24.7. The highest BCUT2D eigenvalue weighted by molar-refractivity contribution is 5.94. The Labute approximate surface area is 168 Å². The molecule has 0 spiro atoms. The van der Waals surface area contributed by atoms with Crippen LogP contribution in [0.15, 0.2) is 24.3 Å². The van der Waals surface area contributed by atoms with E-state index in [1.54, 1.807) is 0 Å². The van der Waals surface area contributed by atoms with Gasteiger partial charge in [-0.05, 0) is 64.7 Å². The lowest BCUT2D eigenvalue weighted by atomic mass is 9.92. The van der Waals surface area contributed by atoms with E-state index in [0.29, 0.717) is 19.0 Å². The van der Waals surface area contributed by atoms with Crippen molar-refractivity contribution in [2.75, 3.05) is 37.8 Å². The van der Waals surface area contributed by atoms with Crippen molar-refractivity contribution in [3.8, 4) is 0 Å². The molecule has 0 saturated carbocycles. The molecule has 1 aliphatic rings. The Bertz CT molecular complexity index is 567. The molecule has 0 radical (unpaired) electrons. The van der Waals surface area contributed by atoms with Gasteiger partial charge in [-0.3, -0.25) is 9.59 Å². The van der Waals surface area contributed by atoms with Crippen LogP contribution >= 0.6 is 24.8 Å². The third-order valence-electron chi connectivity index (χ3n) is 4.22. The molecule has 2 rings (SSSR count). The molecule has 1 aromatic carbocycles. The summed E-state index contributed by atoms with van der Waals surface area (Å²) in [6, 6.07) is 7.66. The summed E-state index contributed by atoms with van der Waals surface area (Å²) in [7, 11) is 3.88. The molecule has 0 aliphatic carbocycles. The highest BCUT2D eigenvalue weighted by atomic mass is 35.5. The number of carbonyl (C=O) groups is 2. The average Bonchev–Trinajstić information content (AvgIpc) is 2.55. The van der Waals surface area contributed by atoms with E-state index in [9.17, 15) is 9.59 Å². The Kier molecular flexibility index (Phi) is 11.5. The first-order valence-corrected chi connectivity index (χ1v) is 8.53. The van der Waals surface area contributed by atoms with Gasteiger partial charge in [-0.15, -0.1) is 24.8 Å². The first-order valence-electron chi connectivity index (χ1n) is 8.53. The maximum atomic E-state index is 12.3. The van der Waals surface area contributed by atoms with Crippen molar-refractivity contribution in [1.82, 2.24) is 10.2 Å². The van der Waals surface area contributed by atoms with Crippen LogP contribution in [0, 0.1) is 5.92 Å². The van der Waals surface area contributed by atoms with Gasteiger partial charge in [0.2, 0.25) is 11.8 Å². The van der Waals surface area contributed by atoms with E-state index >= 15 is 0 Å². The number of hydrogen-bond acceptors (Lipinski definition) is 4. The largest absolute Gasteiger partial charge is 0.326 e. The predicted octanol–water partition coefficient (Wildman–Crippen LogP) is 2.75. The van der Waals surface area contributed by atoms with Gasteiger partial charge in [-0.1, -0.05) is 0 Å². The predicted molar refractivity (Wildman–Crippen MR) is 112 cm³/mol. The summed E-state index contributed by atoms with van der Waals surface area (Å²) in [5.41, 5.74) is 1.50. The zero-order valence-electron chi connectivity index (χ0n) is 15.6. The van der Waals surface area contributed by atoms with Crippen LogP contribution in [0.25, 0.3) is 0 Å². The van der Waals surface area contributed by atoms with E-state index in [1.807, 2.05) is 43.3 Å². The second kappa shape index (κ2) is 12.1. The van der Waals surface area contributed by atoms with Crippen LogP contribution in [-0.2, 0) is 9.59 Å². The lowest BCUT2D eigenvalue weighted by Crippen LogP contribution is -2.40. The number of nitrogens with zero attached hydrogens (tertiary/aromatic N) is 1. The smallest absolute Gasteiger partial charge is 0.227 e.